The lowest BCUT2D eigenvalue weighted by molar-refractivity contribution is 0.654. The molecule has 0 aliphatic carbocycles. The first-order valence-corrected chi connectivity index (χ1v) is 13.3. The van der Waals surface area contributed by atoms with Crippen LogP contribution in [0.15, 0.2) is 19.7 Å². The van der Waals surface area contributed by atoms with Crippen molar-refractivity contribution in [3.8, 4) is 0 Å². The third kappa shape index (κ3) is 4.39. The first-order valence-electron chi connectivity index (χ1n) is 9.96. The highest BCUT2D eigenvalue weighted by Gasteiger charge is 2.20. The summed E-state index contributed by atoms with van der Waals surface area (Å²) in [7, 11) is 0. The van der Waals surface area contributed by atoms with E-state index in [1.165, 1.54) is 93.3 Å². The maximum atomic E-state index is 3.83. The van der Waals surface area contributed by atoms with Crippen LogP contribution in [0, 0.1) is 0 Å². The zero-order valence-corrected chi connectivity index (χ0v) is 20.6. The average molecular weight is 516 g/mol. The Bertz CT molecular complexity index is 789. The lowest BCUT2D eigenvalue weighted by atomic mass is 9.94. The Morgan fingerprint density at radius 2 is 1.08 bits per heavy atom. The highest BCUT2D eigenvalue weighted by atomic mass is 79.9. The number of halogens is 2. The van der Waals surface area contributed by atoms with Crippen LogP contribution in [0.25, 0.3) is 20.2 Å². The second-order valence-corrected chi connectivity index (χ2v) is 10.6. The Morgan fingerprint density at radius 1 is 0.654 bits per heavy atom. The van der Waals surface area contributed by atoms with Crippen molar-refractivity contribution in [2.45, 2.75) is 78.1 Å². The van der Waals surface area contributed by atoms with E-state index in [1.807, 2.05) is 22.7 Å². The molecule has 26 heavy (non-hydrogen) atoms. The van der Waals surface area contributed by atoms with Crippen LogP contribution in [0.1, 0.15) is 76.3 Å². The summed E-state index contributed by atoms with van der Waals surface area (Å²) in [6, 6.07) is 0. The van der Waals surface area contributed by atoms with Gasteiger partial charge in [-0.2, -0.15) is 0 Å². The standard InChI is InChI=1S/C22H28Br2S2/c1-3-5-7-9-11-15-16(12-10-8-6-4-2)22-20(18(24)14-26-22)19-17(23)13-25-21(15)19/h13-14H,3-12H2,1-2H3. The van der Waals surface area contributed by atoms with Gasteiger partial charge in [0.2, 0.25) is 0 Å². The summed E-state index contributed by atoms with van der Waals surface area (Å²) in [5.74, 6) is 0. The van der Waals surface area contributed by atoms with Crippen molar-refractivity contribution in [1.82, 2.24) is 0 Å². The Hall–Kier alpha value is 0.1000. The number of benzene rings is 1. The zero-order chi connectivity index (χ0) is 18.5. The van der Waals surface area contributed by atoms with Gasteiger partial charge in [-0.1, -0.05) is 52.4 Å². The molecule has 0 fully saturated rings. The van der Waals surface area contributed by atoms with Gasteiger partial charge < -0.3 is 0 Å². The number of unbranched alkanes of at least 4 members (excludes halogenated alkanes) is 6. The Morgan fingerprint density at radius 3 is 1.46 bits per heavy atom. The van der Waals surface area contributed by atoms with E-state index in [9.17, 15) is 0 Å². The van der Waals surface area contributed by atoms with E-state index >= 15 is 0 Å². The van der Waals surface area contributed by atoms with Gasteiger partial charge in [0, 0.05) is 39.9 Å². The number of thiophene rings is 2. The summed E-state index contributed by atoms with van der Waals surface area (Å²) in [6.07, 6.45) is 13.1. The average Bonchev–Trinajstić information content (AvgIpc) is 3.20. The van der Waals surface area contributed by atoms with Gasteiger partial charge in [0.15, 0.2) is 0 Å². The topological polar surface area (TPSA) is 0 Å². The van der Waals surface area contributed by atoms with Gasteiger partial charge in [0.1, 0.15) is 0 Å². The van der Waals surface area contributed by atoms with E-state index in [0.29, 0.717) is 0 Å². The van der Waals surface area contributed by atoms with E-state index < -0.39 is 0 Å². The van der Waals surface area contributed by atoms with Crippen molar-refractivity contribution in [2.24, 2.45) is 0 Å². The van der Waals surface area contributed by atoms with Crippen LogP contribution in [-0.2, 0) is 12.8 Å². The summed E-state index contributed by atoms with van der Waals surface area (Å²) in [6.45, 7) is 4.59. The molecule has 3 aromatic rings. The maximum Gasteiger partial charge on any atom is 0.0396 e. The lowest BCUT2D eigenvalue weighted by Gasteiger charge is -2.14. The van der Waals surface area contributed by atoms with Crippen molar-refractivity contribution in [2.75, 3.05) is 0 Å². The van der Waals surface area contributed by atoms with Gasteiger partial charge in [-0.25, -0.2) is 0 Å². The summed E-state index contributed by atoms with van der Waals surface area (Å²) < 4.78 is 5.55. The molecule has 0 aliphatic heterocycles. The molecule has 0 N–H and O–H groups in total. The Labute approximate surface area is 182 Å². The molecule has 1 aromatic carbocycles. The number of hydrogen-bond donors (Lipinski definition) is 0. The Kier molecular flexibility index (Phi) is 8.04. The fourth-order valence-corrected chi connectivity index (χ4v) is 7.53. The SMILES string of the molecule is CCCCCCc1c(CCCCCC)c2scc(Br)c2c2c(Br)csc12. The quantitative estimate of drug-likeness (QED) is 0.235. The van der Waals surface area contributed by atoms with Crippen LogP contribution in [0.5, 0.6) is 0 Å². The van der Waals surface area contributed by atoms with Crippen molar-refractivity contribution < 1.29 is 0 Å². The van der Waals surface area contributed by atoms with Crippen molar-refractivity contribution in [3.63, 3.8) is 0 Å². The minimum absolute atomic E-state index is 1.23. The molecule has 0 radical (unpaired) electrons. The molecule has 0 unspecified atom stereocenters. The molecule has 0 saturated heterocycles. The number of fused-ring (bicyclic) bond motifs is 3. The molecular weight excluding hydrogens is 488 g/mol. The van der Waals surface area contributed by atoms with Crippen molar-refractivity contribution in [3.05, 3.63) is 30.8 Å². The molecule has 3 rings (SSSR count). The van der Waals surface area contributed by atoms with Crippen molar-refractivity contribution in [1.29, 1.82) is 0 Å². The molecule has 0 spiro atoms. The summed E-state index contributed by atoms with van der Waals surface area (Å²) in [5.41, 5.74) is 3.29. The summed E-state index contributed by atoms with van der Waals surface area (Å²) >= 11 is 11.5. The number of rotatable bonds is 10. The minimum Gasteiger partial charge on any atom is -0.142 e. The smallest absolute Gasteiger partial charge is 0.0396 e. The lowest BCUT2D eigenvalue weighted by Crippen LogP contribution is -1.97. The second-order valence-electron chi connectivity index (χ2n) is 7.15. The van der Waals surface area contributed by atoms with Crippen LogP contribution >= 0.6 is 54.5 Å². The number of hydrogen-bond acceptors (Lipinski definition) is 2. The van der Waals surface area contributed by atoms with E-state index in [-0.39, 0.29) is 0 Å². The van der Waals surface area contributed by atoms with Gasteiger partial charge in [-0.05, 0) is 68.7 Å². The minimum atomic E-state index is 1.23. The molecule has 0 saturated carbocycles. The van der Waals surface area contributed by atoms with Gasteiger partial charge in [0.05, 0.1) is 0 Å². The molecular formula is C22H28Br2S2. The fraction of sp³-hybridized carbons (Fsp3) is 0.545. The van der Waals surface area contributed by atoms with E-state index in [0.717, 1.165) is 0 Å². The van der Waals surface area contributed by atoms with Crippen LogP contribution in [0.2, 0.25) is 0 Å². The second kappa shape index (κ2) is 10.0. The monoisotopic (exact) mass is 514 g/mol. The largest absolute Gasteiger partial charge is 0.142 e. The van der Waals surface area contributed by atoms with Crippen LogP contribution < -0.4 is 0 Å². The predicted molar refractivity (Wildman–Crippen MR) is 128 cm³/mol. The maximum absolute atomic E-state index is 3.83. The molecule has 142 valence electrons. The fourth-order valence-electron chi connectivity index (χ4n) is 3.84. The van der Waals surface area contributed by atoms with Gasteiger partial charge in [-0.15, -0.1) is 22.7 Å². The third-order valence-corrected chi connectivity index (χ3v) is 9.15. The van der Waals surface area contributed by atoms with E-state index in [4.69, 9.17) is 0 Å². The molecule has 0 nitrogen and oxygen atoms in total. The summed E-state index contributed by atoms with van der Waals surface area (Å²) in [5, 5.41) is 7.43. The van der Waals surface area contributed by atoms with Crippen molar-refractivity contribution >= 4 is 74.7 Å². The highest BCUT2D eigenvalue weighted by Crippen LogP contribution is 2.46. The third-order valence-electron chi connectivity index (χ3n) is 5.22. The first-order chi connectivity index (χ1) is 12.7. The summed E-state index contributed by atoms with van der Waals surface area (Å²) in [4.78, 5) is 0. The van der Waals surface area contributed by atoms with Gasteiger partial charge in [0.25, 0.3) is 0 Å². The molecule has 0 aliphatic rings. The molecule has 2 heterocycles. The molecule has 4 heteroatoms. The van der Waals surface area contributed by atoms with E-state index in [2.05, 4.69) is 56.5 Å². The highest BCUT2D eigenvalue weighted by molar-refractivity contribution is 9.11. The molecule has 0 atom stereocenters. The van der Waals surface area contributed by atoms with Crippen LogP contribution in [0.3, 0.4) is 0 Å². The predicted octanol–water partition coefficient (Wildman–Crippen LogP) is 9.89. The van der Waals surface area contributed by atoms with E-state index in [1.54, 1.807) is 11.1 Å². The van der Waals surface area contributed by atoms with Gasteiger partial charge in [-0.3, -0.25) is 0 Å². The molecule has 2 aromatic heterocycles. The van der Waals surface area contributed by atoms with Crippen LogP contribution in [0.4, 0.5) is 0 Å². The van der Waals surface area contributed by atoms with Gasteiger partial charge >= 0.3 is 0 Å². The van der Waals surface area contributed by atoms with Crippen LogP contribution in [-0.4, -0.2) is 0 Å². The molecule has 0 bridgehead atoms. The molecule has 0 amide bonds. The zero-order valence-electron chi connectivity index (χ0n) is 15.8. The Balaban J connectivity index is 2.06. The normalized spacial score (nSPS) is 11.8. The first kappa shape index (κ1) is 20.8. The number of aryl methyl sites for hydroxylation is 2.